The number of pyridine rings is 1. The fourth-order valence-corrected chi connectivity index (χ4v) is 6.68. The maximum Gasteiger partial charge on any atom is 0.407 e. The normalized spacial score (nSPS) is 12.3. The first-order chi connectivity index (χ1) is 22.4. The van der Waals surface area contributed by atoms with E-state index in [9.17, 15) is 13.2 Å². The fourth-order valence-electron chi connectivity index (χ4n) is 5.59. The molecule has 0 aliphatic rings. The minimum Gasteiger partial charge on any atom is -0.497 e. The molecule has 0 bridgehead atoms. The van der Waals surface area contributed by atoms with E-state index < -0.39 is 22.2 Å². The minimum absolute atomic E-state index is 0.0242. The summed E-state index contributed by atoms with van der Waals surface area (Å²) in [5.74, 6) is 0.755. The lowest BCUT2D eigenvalue weighted by molar-refractivity contribution is -0.671. The molecule has 2 aromatic rings. The first-order valence-corrected chi connectivity index (χ1v) is 19.4. The Kier molecular flexibility index (Phi) is 21.3. The van der Waals surface area contributed by atoms with Crippen molar-refractivity contribution < 1.29 is 32.0 Å². The minimum atomic E-state index is -3.52. The highest BCUT2D eigenvalue weighted by atomic mass is 32.2. The molecule has 0 aliphatic heterocycles. The Hall–Kier alpha value is -2.43. The molecule has 262 valence electrons. The molecule has 2 N–H and O–H groups in total. The molecule has 0 aliphatic carbocycles. The zero-order valence-electron chi connectivity index (χ0n) is 28.9. The lowest BCUT2D eigenvalue weighted by Gasteiger charge is -2.16. The molecular weight excluding hydrogens is 602 g/mol. The molecule has 1 amide bonds. The van der Waals surface area contributed by atoms with Gasteiger partial charge >= 0.3 is 6.09 Å². The summed E-state index contributed by atoms with van der Waals surface area (Å²) in [7, 11) is -0.410. The Labute approximate surface area is 279 Å². The number of methoxy groups -OCH3 is 2. The summed E-state index contributed by atoms with van der Waals surface area (Å²) in [5.41, 5.74) is 1.01. The third kappa shape index (κ3) is 18.0. The van der Waals surface area contributed by atoms with E-state index in [2.05, 4.69) is 17.0 Å². The van der Waals surface area contributed by atoms with E-state index in [4.69, 9.17) is 14.2 Å². The predicted molar refractivity (Wildman–Crippen MR) is 187 cm³/mol. The second kappa shape index (κ2) is 24.7. The zero-order chi connectivity index (χ0) is 33.3. The van der Waals surface area contributed by atoms with Gasteiger partial charge in [0.15, 0.2) is 6.20 Å². The number of nitrogens with zero attached hydrogens (tertiary/aromatic N) is 1. The van der Waals surface area contributed by atoms with Gasteiger partial charge in [-0.3, -0.25) is 0 Å². The number of rotatable bonds is 28. The molecule has 1 aromatic heterocycles. The highest BCUT2D eigenvalue weighted by molar-refractivity contribution is 7.89. The van der Waals surface area contributed by atoms with Gasteiger partial charge in [-0.25, -0.2) is 17.9 Å². The molecule has 46 heavy (non-hydrogen) atoms. The smallest absolute Gasteiger partial charge is 0.407 e. The lowest BCUT2D eigenvalue weighted by atomic mass is 10.0. The van der Waals surface area contributed by atoms with Crippen molar-refractivity contribution in [3.8, 4) is 5.75 Å². The number of fused-ring (bicyclic) bond motifs is 1. The summed E-state index contributed by atoms with van der Waals surface area (Å²) in [6.45, 7) is 3.40. The average Bonchev–Trinajstić information content (AvgIpc) is 3.06. The van der Waals surface area contributed by atoms with Crippen molar-refractivity contribution in [3.63, 3.8) is 0 Å². The van der Waals surface area contributed by atoms with Gasteiger partial charge in [-0.15, -0.1) is 0 Å². The van der Waals surface area contributed by atoms with Crippen molar-refractivity contribution in [2.45, 2.75) is 129 Å². The summed E-state index contributed by atoms with van der Waals surface area (Å²) in [6, 6.07) is 9.77. The lowest BCUT2D eigenvalue weighted by Crippen LogP contribution is -2.40. The van der Waals surface area contributed by atoms with Crippen LogP contribution in [0.2, 0.25) is 0 Å². The van der Waals surface area contributed by atoms with Crippen LogP contribution < -0.4 is 19.3 Å². The molecule has 0 radical (unpaired) electrons. The molecule has 10 heteroatoms. The summed E-state index contributed by atoms with van der Waals surface area (Å²) in [6.07, 6.45) is 22.3. The molecule has 2 rings (SSSR count). The van der Waals surface area contributed by atoms with Crippen molar-refractivity contribution in [3.05, 3.63) is 36.5 Å². The second-order valence-corrected chi connectivity index (χ2v) is 14.3. The van der Waals surface area contributed by atoms with Gasteiger partial charge in [0, 0.05) is 38.8 Å². The monoisotopic (exact) mass is 664 g/mol. The number of unbranched alkanes of at least 4 members (excludes halogenated alkanes) is 15. The molecule has 1 atom stereocenters. The van der Waals surface area contributed by atoms with E-state index in [-0.39, 0.29) is 18.9 Å². The number of nitrogens with one attached hydrogen (secondary N) is 2. The first-order valence-electron chi connectivity index (χ1n) is 17.8. The quantitative estimate of drug-likeness (QED) is 0.0723. The number of alkyl carbamates (subject to hydrolysis) is 1. The topological polar surface area (TPSA) is 107 Å². The van der Waals surface area contributed by atoms with Crippen LogP contribution in [0.1, 0.15) is 116 Å². The van der Waals surface area contributed by atoms with E-state index in [0.29, 0.717) is 19.5 Å². The number of sulfonamides is 1. The Morgan fingerprint density at radius 3 is 2.02 bits per heavy atom. The number of carbonyl (C=O) groups excluding carboxylic acids is 1. The van der Waals surface area contributed by atoms with E-state index in [0.717, 1.165) is 29.5 Å². The Morgan fingerprint density at radius 2 is 1.43 bits per heavy atom. The number of hydrogen-bond donors (Lipinski definition) is 2. The van der Waals surface area contributed by atoms with Crippen LogP contribution in [0, 0.1) is 0 Å². The van der Waals surface area contributed by atoms with E-state index >= 15 is 0 Å². The van der Waals surface area contributed by atoms with Crippen LogP contribution in [0.5, 0.6) is 5.75 Å². The third-order valence-electron chi connectivity index (χ3n) is 8.46. The maximum absolute atomic E-state index is 12.6. The number of aromatic nitrogens is 1. The zero-order valence-corrected chi connectivity index (χ0v) is 29.7. The first kappa shape index (κ1) is 39.7. The molecule has 9 nitrogen and oxygen atoms in total. The number of ether oxygens (including phenoxy) is 3. The summed E-state index contributed by atoms with van der Waals surface area (Å²) in [5, 5.41) is 3.81. The van der Waals surface area contributed by atoms with Crippen molar-refractivity contribution in [2.24, 2.45) is 0 Å². The SMILES string of the molecule is CCCCCCCCCCCCCCCCCCNC(=O)OCC(CNS(=O)(=O)CCC[n+]1cccc2cc(OC)ccc21)OC. The van der Waals surface area contributed by atoms with Crippen LogP contribution in [0.15, 0.2) is 36.5 Å². The summed E-state index contributed by atoms with van der Waals surface area (Å²) < 4.78 is 45.7. The molecule has 1 heterocycles. The van der Waals surface area contributed by atoms with Crippen LogP contribution in [0.3, 0.4) is 0 Å². The van der Waals surface area contributed by atoms with E-state index in [1.54, 1.807) is 7.11 Å². The van der Waals surface area contributed by atoms with Gasteiger partial charge in [0.1, 0.15) is 25.0 Å². The number of hydrogen-bond acceptors (Lipinski definition) is 6. The Morgan fingerprint density at radius 1 is 0.826 bits per heavy atom. The van der Waals surface area contributed by atoms with Crippen molar-refractivity contribution in [1.29, 1.82) is 0 Å². The van der Waals surface area contributed by atoms with Gasteiger partial charge in [0.2, 0.25) is 15.5 Å². The number of aryl methyl sites for hydroxylation is 1. The van der Waals surface area contributed by atoms with Crippen LogP contribution in [-0.4, -0.2) is 60.3 Å². The second-order valence-electron chi connectivity index (χ2n) is 12.3. The molecule has 0 spiro atoms. The van der Waals surface area contributed by atoms with Crippen molar-refractivity contribution in [1.82, 2.24) is 10.0 Å². The highest BCUT2D eigenvalue weighted by Crippen LogP contribution is 2.18. The summed E-state index contributed by atoms with van der Waals surface area (Å²) >= 11 is 0. The number of amides is 1. The van der Waals surface area contributed by atoms with Gasteiger partial charge in [-0.05, 0) is 24.6 Å². The van der Waals surface area contributed by atoms with Crippen LogP contribution in [-0.2, 0) is 26.0 Å². The van der Waals surface area contributed by atoms with Crippen LogP contribution in [0.4, 0.5) is 4.79 Å². The van der Waals surface area contributed by atoms with Gasteiger partial charge in [-0.1, -0.05) is 103 Å². The molecule has 0 fully saturated rings. The molecule has 1 aromatic carbocycles. The highest BCUT2D eigenvalue weighted by Gasteiger charge is 2.18. The van der Waals surface area contributed by atoms with Gasteiger partial charge in [0.25, 0.3) is 0 Å². The fraction of sp³-hybridized carbons (Fsp3) is 0.722. The Bertz CT molecular complexity index is 1190. The molecular formula is C36H62N3O6S+. The summed E-state index contributed by atoms with van der Waals surface area (Å²) in [4.78, 5) is 12.1. The van der Waals surface area contributed by atoms with Crippen molar-refractivity contribution >= 4 is 27.0 Å². The van der Waals surface area contributed by atoms with Crippen molar-refractivity contribution in [2.75, 3.05) is 39.7 Å². The standard InChI is InChI=1S/C36H61N3O6S/c1-4-5-6-7-8-9-10-11-12-13-14-15-16-17-18-19-25-37-36(40)45-31-34(44-3)30-38-46(41,42)28-21-27-39-26-20-22-32-29-33(43-2)23-24-35(32)39/h20,22-24,26,29,34,38H,4-19,21,25,27-28,30-31H2,1-3H3/p+1. The van der Waals surface area contributed by atoms with Crippen LogP contribution in [0.25, 0.3) is 10.9 Å². The molecule has 0 saturated heterocycles. The average molecular weight is 665 g/mol. The van der Waals surface area contributed by atoms with E-state index in [1.165, 1.54) is 97.0 Å². The largest absolute Gasteiger partial charge is 0.497 e. The van der Waals surface area contributed by atoms with Gasteiger partial charge in [0.05, 0.1) is 18.2 Å². The van der Waals surface area contributed by atoms with Crippen LogP contribution >= 0.6 is 0 Å². The number of benzene rings is 1. The third-order valence-corrected chi connectivity index (χ3v) is 9.89. The molecule has 0 saturated carbocycles. The van der Waals surface area contributed by atoms with E-state index in [1.807, 2.05) is 41.1 Å². The van der Waals surface area contributed by atoms with Gasteiger partial charge in [-0.2, -0.15) is 4.57 Å². The predicted octanol–water partition coefficient (Wildman–Crippen LogP) is 7.45. The Balaban J connectivity index is 1.47. The van der Waals surface area contributed by atoms with Gasteiger partial charge < -0.3 is 19.5 Å². The number of carbonyl (C=O) groups is 1. The maximum atomic E-state index is 12.6. The molecule has 1 unspecified atom stereocenters.